The van der Waals surface area contributed by atoms with Gasteiger partial charge in [-0.25, -0.2) is 0 Å². The van der Waals surface area contributed by atoms with Crippen LogP contribution in [0.3, 0.4) is 0 Å². The first-order chi connectivity index (χ1) is 14.4. The fraction of sp³-hybridized carbons (Fsp3) is 0.318. The van der Waals surface area contributed by atoms with Crippen molar-refractivity contribution in [2.75, 3.05) is 17.7 Å². The Morgan fingerprint density at radius 2 is 1.73 bits per heavy atom. The molecule has 0 aliphatic carbocycles. The lowest BCUT2D eigenvalue weighted by Gasteiger charge is -2.17. The van der Waals surface area contributed by atoms with Crippen molar-refractivity contribution in [1.29, 1.82) is 0 Å². The summed E-state index contributed by atoms with van der Waals surface area (Å²) in [6, 6.07) is 14.3. The van der Waals surface area contributed by atoms with E-state index < -0.39 is 11.8 Å². The average Bonchev–Trinajstić information content (AvgIpc) is 3.13. The summed E-state index contributed by atoms with van der Waals surface area (Å²) < 4.78 is 5.54. The number of ether oxygens (including phenoxy) is 1. The molecule has 2 N–H and O–H groups in total. The number of nitrogens with zero attached hydrogens (tertiary/aromatic N) is 1. The number of rotatable bonds is 6. The normalized spacial score (nSPS) is 15.9. The first kappa shape index (κ1) is 21.7. The number of amides is 3. The minimum Gasteiger partial charge on any atom is -0.491 e. The van der Waals surface area contributed by atoms with Crippen molar-refractivity contribution >= 4 is 35.2 Å². The van der Waals surface area contributed by atoms with Crippen LogP contribution < -0.4 is 20.5 Å². The molecular weight excluding hydrogens is 402 g/mol. The summed E-state index contributed by atoms with van der Waals surface area (Å²) in [6.45, 7) is 4.12. The van der Waals surface area contributed by atoms with Crippen molar-refractivity contribution in [3.63, 3.8) is 0 Å². The van der Waals surface area contributed by atoms with Crippen LogP contribution in [0.15, 0.2) is 53.4 Å². The Bertz CT molecular complexity index is 913. The summed E-state index contributed by atoms with van der Waals surface area (Å²) in [5.41, 5.74) is 5.99. The van der Waals surface area contributed by atoms with E-state index in [1.807, 2.05) is 44.4 Å². The van der Waals surface area contributed by atoms with Crippen LogP contribution >= 0.6 is 11.8 Å². The van der Waals surface area contributed by atoms with Gasteiger partial charge in [0.05, 0.1) is 12.0 Å². The number of hydrogen-bond donors (Lipinski definition) is 2. The molecule has 1 atom stereocenters. The lowest BCUT2D eigenvalue weighted by Crippen LogP contribution is -2.45. The van der Waals surface area contributed by atoms with Gasteiger partial charge in [-0.15, -0.1) is 11.8 Å². The molecule has 158 valence electrons. The van der Waals surface area contributed by atoms with Gasteiger partial charge in [0.15, 0.2) is 0 Å². The Labute approximate surface area is 180 Å². The molecule has 3 amide bonds. The van der Waals surface area contributed by atoms with Gasteiger partial charge in [-0.1, -0.05) is 0 Å². The number of anilines is 1. The van der Waals surface area contributed by atoms with Gasteiger partial charge in [0.25, 0.3) is 5.91 Å². The van der Waals surface area contributed by atoms with Crippen molar-refractivity contribution in [2.45, 2.75) is 31.3 Å². The lowest BCUT2D eigenvalue weighted by molar-refractivity contribution is -0.126. The first-order valence-corrected chi connectivity index (χ1v) is 10.9. The Kier molecular flexibility index (Phi) is 6.99. The number of hydrazine groups is 1. The second-order valence-electron chi connectivity index (χ2n) is 7.24. The van der Waals surface area contributed by atoms with E-state index >= 15 is 0 Å². The van der Waals surface area contributed by atoms with E-state index in [-0.39, 0.29) is 30.9 Å². The summed E-state index contributed by atoms with van der Waals surface area (Å²) in [7, 11) is 0. The van der Waals surface area contributed by atoms with E-state index in [1.54, 1.807) is 40.9 Å². The zero-order valence-corrected chi connectivity index (χ0v) is 18.0. The van der Waals surface area contributed by atoms with E-state index in [2.05, 4.69) is 10.9 Å². The summed E-state index contributed by atoms with van der Waals surface area (Å²) in [4.78, 5) is 39.8. The van der Waals surface area contributed by atoms with Crippen molar-refractivity contribution in [1.82, 2.24) is 10.9 Å². The third kappa shape index (κ3) is 5.33. The fourth-order valence-electron chi connectivity index (χ4n) is 3.14. The number of benzene rings is 2. The number of carbonyl (C=O) groups excluding carboxylic acids is 3. The second kappa shape index (κ2) is 9.67. The molecule has 0 saturated carbocycles. The molecule has 0 radical (unpaired) electrons. The van der Waals surface area contributed by atoms with E-state index in [1.165, 1.54) is 0 Å². The molecule has 1 aliphatic rings. The van der Waals surface area contributed by atoms with Crippen LogP contribution in [0.2, 0.25) is 0 Å². The molecule has 2 aromatic carbocycles. The highest BCUT2D eigenvalue weighted by Gasteiger charge is 2.35. The number of hydrogen-bond acceptors (Lipinski definition) is 5. The van der Waals surface area contributed by atoms with E-state index in [0.717, 1.165) is 10.6 Å². The maximum absolute atomic E-state index is 12.5. The monoisotopic (exact) mass is 427 g/mol. The maximum Gasteiger partial charge on any atom is 0.269 e. The van der Waals surface area contributed by atoms with Crippen LogP contribution in [0.25, 0.3) is 0 Å². The van der Waals surface area contributed by atoms with E-state index in [0.29, 0.717) is 11.3 Å². The molecule has 7 nitrogen and oxygen atoms in total. The lowest BCUT2D eigenvalue weighted by atomic mass is 10.1. The molecule has 0 aromatic heterocycles. The average molecular weight is 428 g/mol. The SMILES string of the molecule is CSc1ccc(N2C[C@@H](C(=O)NNC(=O)c3ccc(OC(C)C)cc3)CC2=O)cc1. The molecule has 30 heavy (non-hydrogen) atoms. The van der Waals surface area contributed by atoms with Crippen LogP contribution in [0.4, 0.5) is 5.69 Å². The Balaban J connectivity index is 1.53. The third-order valence-corrected chi connectivity index (χ3v) is 5.41. The Morgan fingerprint density at radius 3 is 2.33 bits per heavy atom. The van der Waals surface area contributed by atoms with Crippen LogP contribution in [-0.2, 0) is 9.59 Å². The fourth-order valence-corrected chi connectivity index (χ4v) is 3.55. The van der Waals surface area contributed by atoms with Gasteiger partial charge in [-0.05, 0) is 68.6 Å². The maximum atomic E-state index is 12.5. The van der Waals surface area contributed by atoms with Crippen LogP contribution in [0.5, 0.6) is 5.75 Å². The minimum absolute atomic E-state index is 0.0427. The van der Waals surface area contributed by atoms with Crippen LogP contribution in [-0.4, -0.2) is 36.6 Å². The topological polar surface area (TPSA) is 87.7 Å². The van der Waals surface area contributed by atoms with Gasteiger partial charge in [0.1, 0.15) is 5.75 Å². The Hall–Kier alpha value is -3.00. The zero-order chi connectivity index (χ0) is 21.7. The predicted octanol–water partition coefficient (Wildman–Crippen LogP) is 3.01. The summed E-state index contributed by atoms with van der Waals surface area (Å²) >= 11 is 1.62. The quantitative estimate of drug-likeness (QED) is 0.547. The molecule has 0 spiro atoms. The highest BCUT2D eigenvalue weighted by atomic mass is 32.2. The van der Waals surface area contributed by atoms with Crippen molar-refractivity contribution < 1.29 is 19.1 Å². The minimum atomic E-state index is -0.528. The molecule has 8 heteroatoms. The predicted molar refractivity (Wildman–Crippen MR) is 116 cm³/mol. The standard InChI is InChI=1S/C22H25N3O4S/c1-14(2)29-18-8-4-15(5-9-18)21(27)23-24-22(28)16-12-20(26)25(13-16)17-6-10-19(30-3)11-7-17/h4-11,14,16H,12-13H2,1-3H3,(H,23,27)(H,24,28)/t16-/m0/s1. The van der Waals surface area contributed by atoms with Gasteiger partial charge < -0.3 is 9.64 Å². The van der Waals surface area contributed by atoms with Gasteiger partial charge in [-0.3, -0.25) is 25.2 Å². The molecule has 0 unspecified atom stereocenters. The summed E-state index contributed by atoms with van der Waals surface area (Å²) in [5.74, 6) is -0.798. The third-order valence-electron chi connectivity index (χ3n) is 4.67. The smallest absolute Gasteiger partial charge is 0.269 e. The largest absolute Gasteiger partial charge is 0.491 e. The zero-order valence-electron chi connectivity index (χ0n) is 17.2. The number of nitrogens with one attached hydrogen (secondary N) is 2. The second-order valence-corrected chi connectivity index (χ2v) is 8.12. The molecule has 2 aromatic rings. The molecule has 3 rings (SSSR count). The van der Waals surface area contributed by atoms with Crippen molar-refractivity contribution in [3.05, 3.63) is 54.1 Å². The highest BCUT2D eigenvalue weighted by molar-refractivity contribution is 7.98. The highest BCUT2D eigenvalue weighted by Crippen LogP contribution is 2.27. The number of thioether (sulfide) groups is 1. The van der Waals surface area contributed by atoms with Crippen molar-refractivity contribution in [3.8, 4) is 5.75 Å². The van der Waals surface area contributed by atoms with Gasteiger partial charge in [0, 0.05) is 29.1 Å². The van der Waals surface area contributed by atoms with Gasteiger partial charge in [0.2, 0.25) is 11.8 Å². The molecule has 1 aliphatic heterocycles. The van der Waals surface area contributed by atoms with Gasteiger partial charge >= 0.3 is 0 Å². The molecule has 1 heterocycles. The molecule has 0 bridgehead atoms. The van der Waals surface area contributed by atoms with E-state index in [4.69, 9.17) is 4.74 Å². The van der Waals surface area contributed by atoms with E-state index in [9.17, 15) is 14.4 Å². The van der Waals surface area contributed by atoms with Crippen molar-refractivity contribution in [2.24, 2.45) is 5.92 Å². The summed E-state index contributed by atoms with van der Waals surface area (Å²) in [5, 5.41) is 0. The Morgan fingerprint density at radius 1 is 1.07 bits per heavy atom. The molecule has 1 fully saturated rings. The number of carbonyl (C=O) groups is 3. The molecular formula is C22H25N3O4S. The summed E-state index contributed by atoms with van der Waals surface area (Å²) in [6.07, 6.45) is 2.13. The van der Waals surface area contributed by atoms with Crippen LogP contribution in [0, 0.1) is 5.92 Å². The van der Waals surface area contributed by atoms with Crippen LogP contribution in [0.1, 0.15) is 30.6 Å². The first-order valence-electron chi connectivity index (χ1n) is 9.68. The molecule has 1 saturated heterocycles. The van der Waals surface area contributed by atoms with Gasteiger partial charge in [-0.2, -0.15) is 0 Å².